The van der Waals surface area contributed by atoms with E-state index in [9.17, 15) is 10.4 Å². The van der Waals surface area contributed by atoms with Crippen LogP contribution in [0.5, 0.6) is 0 Å². The van der Waals surface area contributed by atoms with E-state index < -0.39 is 11.5 Å². The largest absolute Gasteiger partial charge is 0.393 e. The third-order valence-corrected chi connectivity index (χ3v) is 3.79. The highest BCUT2D eigenvalue weighted by Gasteiger charge is 2.33. The minimum absolute atomic E-state index is 0.186. The average molecular weight is 269 g/mol. The molecule has 0 radical (unpaired) electrons. The first-order valence-corrected chi connectivity index (χ1v) is 6.94. The molecule has 1 rings (SSSR count). The highest BCUT2D eigenvalue weighted by atomic mass is 16.3. The van der Waals surface area contributed by atoms with Crippen molar-refractivity contribution in [1.29, 1.82) is 5.26 Å². The number of benzene rings is 1. The lowest BCUT2D eigenvalue weighted by molar-refractivity contribution is 0.0501. The molecule has 1 aromatic rings. The molecule has 2 atom stereocenters. The van der Waals surface area contributed by atoms with E-state index in [0.717, 1.165) is 5.56 Å². The summed E-state index contributed by atoms with van der Waals surface area (Å²) in [4.78, 5) is 0. The molecular formula is C18H23NO. The van der Waals surface area contributed by atoms with Gasteiger partial charge in [-0.05, 0) is 23.8 Å². The van der Waals surface area contributed by atoms with Crippen LogP contribution in [0.25, 0.3) is 0 Å². The van der Waals surface area contributed by atoms with Crippen LogP contribution in [0.3, 0.4) is 0 Å². The lowest BCUT2D eigenvalue weighted by atomic mass is 9.73. The van der Waals surface area contributed by atoms with Gasteiger partial charge in [0.25, 0.3) is 0 Å². The van der Waals surface area contributed by atoms with Crippen molar-refractivity contribution in [3.8, 4) is 18.4 Å². The normalized spacial score (nSPS) is 15.7. The quantitative estimate of drug-likeness (QED) is 0.829. The maximum absolute atomic E-state index is 10.2. The van der Waals surface area contributed by atoms with E-state index in [-0.39, 0.29) is 5.41 Å². The molecule has 0 aliphatic carbocycles. The van der Waals surface area contributed by atoms with Crippen LogP contribution in [0.15, 0.2) is 30.3 Å². The molecule has 106 valence electrons. The second-order valence-corrected chi connectivity index (χ2v) is 6.36. The predicted molar refractivity (Wildman–Crippen MR) is 81.9 cm³/mol. The van der Waals surface area contributed by atoms with Gasteiger partial charge in [-0.15, -0.1) is 12.3 Å². The molecule has 0 heterocycles. The highest BCUT2D eigenvalue weighted by Crippen LogP contribution is 2.35. The van der Waals surface area contributed by atoms with Crippen LogP contribution in [-0.2, 0) is 5.41 Å². The van der Waals surface area contributed by atoms with Crippen LogP contribution in [0.1, 0.15) is 45.6 Å². The number of hydrogen-bond donors (Lipinski definition) is 1. The molecule has 0 aromatic heterocycles. The van der Waals surface area contributed by atoms with Crippen LogP contribution in [-0.4, -0.2) is 11.2 Å². The van der Waals surface area contributed by atoms with Gasteiger partial charge in [0.2, 0.25) is 0 Å². The maximum Gasteiger partial charge on any atom is 0.0931 e. The van der Waals surface area contributed by atoms with E-state index in [4.69, 9.17) is 6.42 Å². The van der Waals surface area contributed by atoms with Crippen molar-refractivity contribution in [2.45, 2.75) is 51.6 Å². The van der Waals surface area contributed by atoms with Crippen LogP contribution >= 0.6 is 0 Å². The van der Waals surface area contributed by atoms with E-state index in [1.54, 1.807) is 0 Å². The van der Waals surface area contributed by atoms with Crippen LogP contribution in [0.2, 0.25) is 0 Å². The van der Waals surface area contributed by atoms with Gasteiger partial charge in [-0.1, -0.05) is 51.1 Å². The van der Waals surface area contributed by atoms with E-state index in [1.807, 2.05) is 51.1 Å². The van der Waals surface area contributed by atoms with Gasteiger partial charge in [-0.2, -0.15) is 5.26 Å². The Balaban J connectivity index is 2.98. The summed E-state index contributed by atoms with van der Waals surface area (Å²) in [5.74, 6) is 2.62. The number of hydrogen-bond acceptors (Lipinski definition) is 2. The van der Waals surface area contributed by atoms with Crippen LogP contribution in [0, 0.1) is 29.1 Å². The summed E-state index contributed by atoms with van der Waals surface area (Å²) in [7, 11) is 0. The molecule has 2 nitrogen and oxygen atoms in total. The smallest absolute Gasteiger partial charge is 0.0931 e. The summed E-state index contributed by atoms with van der Waals surface area (Å²) < 4.78 is 0. The van der Waals surface area contributed by atoms with E-state index >= 15 is 0 Å². The molecule has 0 saturated heterocycles. The van der Waals surface area contributed by atoms with Gasteiger partial charge in [0.05, 0.1) is 17.6 Å². The fourth-order valence-electron chi connectivity index (χ4n) is 2.24. The monoisotopic (exact) mass is 269 g/mol. The van der Waals surface area contributed by atoms with Gasteiger partial charge in [-0.3, -0.25) is 0 Å². The van der Waals surface area contributed by atoms with Gasteiger partial charge >= 0.3 is 0 Å². The molecule has 0 unspecified atom stereocenters. The Kier molecular flexibility index (Phi) is 5.37. The second-order valence-electron chi connectivity index (χ2n) is 6.36. The molecular weight excluding hydrogens is 246 g/mol. The Bertz CT molecular complexity index is 501. The summed E-state index contributed by atoms with van der Waals surface area (Å²) in [5, 5.41) is 19.8. The molecule has 1 aromatic carbocycles. The van der Waals surface area contributed by atoms with Crippen molar-refractivity contribution in [3.05, 3.63) is 35.9 Å². The highest BCUT2D eigenvalue weighted by molar-refractivity contribution is 5.34. The fourth-order valence-corrected chi connectivity index (χ4v) is 2.24. The Labute approximate surface area is 122 Å². The van der Waals surface area contributed by atoms with Crippen LogP contribution < -0.4 is 0 Å². The first-order chi connectivity index (χ1) is 9.35. The number of aliphatic hydroxyl groups is 1. The summed E-state index contributed by atoms with van der Waals surface area (Å²) >= 11 is 0. The SMILES string of the molecule is C#CC[C@@](C#N)(CC[C@H](O)C(C)(C)C)c1ccccc1. The number of rotatable bonds is 5. The lowest BCUT2D eigenvalue weighted by Gasteiger charge is -2.30. The Morgan fingerprint density at radius 3 is 2.30 bits per heavy atom. The third-order valence-electron chi connectivity index (χ3n) is 3.79. The standard InChI is InChI=1S/C18H23NO/c1-5-12-18(14-19,15-9-7-6-8-10-15)13-11-16(20)17(2,3)4/h1,6-10,16,20H,11-13H2,2-4H3/t16-,18-/m0/s1. The average Bonchev–Trinajstić information content (AvgIpc) is 2.43. The minimum atomic E-state index is -0.706. The number of terminal acetylenes is 1. The number of nitrogens with zero attached hydrogens (tertiary/aromatic N) is 1. The maximum atomic E-state index is 10.2. The van der Waals surface area contributed by atoms with E-state index in [1.165, 1.54) is 0 Å². The minimum Gasteiger partial charge on any atom is -0.393 e. The van der Waals surface area contributed by atoms with Crippen molar-refractivity contribution in [2.75, 3.05) is 0 Å². The molecule has 0 bridgehead atoms. The van der Waals surface area contributed by atoms with Crippen molar-refractivity contribution in [3.63, 3.8) is 0 Å². The second kappa shape index (κ2) is 6.60. The number of nitriles is 1. The van der Waals surface area contributed by atoms with Gasteiger partial charge in [-0.25, -0.2) is 0 Å². The molecule has 0 aliphatic rings. The topological polar surface area (TPSA) is 44.0 Å². The molecule has 0 amide bonds. The zero-order valence-electron chi connectivity index (χ0n) is 12.6. The van der Waals surface area contributed by atoms with Crippen molar-refractivity contribution in [2.24, 2.45) is 5.41 Å². The third kappa shape index (κ3) is 3.86. The molecule has 1 N–H and O–H groups in total. The Morgan fingerprint density at radius 1 is 1.25 bits per heavy atom. The molecule has 0 aliphatic heterocycles. The van der Waals surface area contributed by atoms with Gasteiger partial charge in [0.15, 0.2) is 0 Å². The zero-order valence-corrected chi connectivity index (χ0v) is 12.6. The molecule has 0 spiro atoms. The predicted octanol–water partition coefficient (Wildman–Crippen LogP) is 3.66. The Hall–Kier alpha value is -1.77. The summed E-state index contributed by atoms with van der Waals surface area (Å²) in [6, 6.07) is 12.0. The van der Waals surface area contributed by atoms with E-state index in [2.05, 4.69) is 12.0 Å². The molecule has 20 heavy (non-hydrogen) atoms. The molecule has 0 fully saturated rings. The van der Waals surface area contributed by atoms with Crippen molar-refractivity contribution < 1.29 is 5.11 Å². The molecule has 0 saturated carbocycles. The lowest BCUT2D eigenvalue weighted by Crippen LogP contribution is -2.31. The van der Waals surface area contributed by atoms with Gasteiger partial charge in [0.1, 0.15) is 0 Å². The van der Waals surface area contributed by atoms with Gasteiger partial charge in [0, 0.05) is 6.42 Å². The van der Waals surface area contributed by atoms with Crippen molar-refractivity contribution >= 4 is 0 Å². The first-order valence-electron chi connectivity index (χ1n) is 6.94. The summed E-state index contributed by atoms with van der Waals surface area (Å²) in [5.41, 5.74) is 0.0394. The van der Waals surface area contributed by atoms with Crippen LogP contribution in [0.4, 0.5) is 0 Å². The zero-order chi connectivity index (χ0) is 15.2. The van der Waals surface area contributed by atoms with E-state index in [0.29, 0.717) is 19.3 Å². The summed E-state index contributed by atoms with van der Waals surface area (Å²) in [6.07, 6.45) is 6.50. The fraction of sp³-hybridized carbons (Fsp3) is 0.500. The van der Waals surface area contributed by atoms with Crippen molar-refractivity contribution in [1.82, 2.24) is 0 Å². The Morgan fingerprint density at radius 2 is 1.85 bits per heavy atom. The van der Waals surface area contributed by atoms with Gasteiger partial charge < -0.3 is 5.11 Å². The number of aliphatic hydroxyl groups excluding tert-OH is 1. The molecule has 2 heteroatoms. The first kappa shape index (κ1) is 16.3. The summed E-state index contributed by atoms with van der Waals surface area (Å²) in [6.45, 7) is 5.99.